The van der Waals surface area contributed by atoms with Crippen molar-refractivity contribution in [2.24, 2.45) is 0 Å². The molecule has 0 unspecified atom stereocenters. The van der Waals surface area contributed by atoms with Gasteiger partial charge in [0.2, 0.25) is 5.95 Å². The fourth-order valence-corrected chi connectivity index (χ4v) is 2.49. The van der Waals surface area contributed by atoms with Gasteiger partial charge in [-0.25, -0.2) is 9.37 Å². The summed E-state index contributed by atoms with van der Waals surface area (Å²) in [6.45, 7) is 1.93. The Bertz CT molecular complexity index is 580. The van der Waals surface area contributed by atoms with Gasteiger partial charge in [-0.3, -0.25) is 0 Å². The van der Waals surface area contributed by atoms with Gasteiger partial charge in [-0.05, 0) is 25.0 Å². The lowest BCUT2D eigenvalue weighted by Crippen LogP contribution is -2.26. The Morgan fingerprint density at radius 1 is 1.05 bits per heavy atom. The highest BCUT2D eigenvalue weighted by Crippen LogP contribution is 2.20. The predicted molar refractivity (Wildman–Crippen MR) is 75.9 cm³/mol. The van der Waals surface area contributed by atoms with Crippen molar-refractivity contribution in [2.45, 2.75) is 25.7 Å². The topological polar surface area (TPSA) is 41.9 Å². The third kappa shape index (κ3) is 2.92. The number of aromatic nitrogens is 3. The number of halogens is 1. The maximum atomic E-state index is 13.3. The number of hydrogen-bond acceptors (Lipinski definition) is 4. The van der Waals surface area contributed by atoms with Crippen LogP contribution >= 0.6 is 0 Å². The van der Waals surface area contributed by atoms with Crippen LogP contribution < -0.4 is 4.90 Å². The summed E-state index contributed by atoms with van der Waals surface area (Å²) < 4.78 is 13.3. The van der Waals surface area contributed by atoms with Gasteiger partial charge in [0, 0.05) is 18.7 Å². The first-order valence-corrected chi connectivity index (χ1v) is 7.03. The third-order valence-corrected chi connectivity index (χ3v) is 3.56. The first-order chi connectivity index (χ1) is 9.83. The van der Waals surface area contributed by atoms with Crippen LogP contribution in [0.25, 0.3) is 11.3 Å². The Morgan fingerprint density at radius 2 is 1.85 bits per heavy atom. The van der Waals surface area contributed by atoms with E-state index in [0.29, 0.717) is 11.6 Å². The molecule has 0 atom stereocenters. The van der Waals surface area contributed by atoms with Gasteiger partial charge in [0.25, 0.3) is 0 Å². The van der Waals surface area contributed by atoms with Gasteiger partial charge in [0.05, 0.1) is 11.9 Å². The Hall–Kier alpha value is -2.04. The molecule has 2 heterocycles. The number of hydrogen-bond donors (Lipinski definition) is 0. The van der Waals surface area contributed by atoms with Crippen LogP contribution in [-0.2, 0) is 0 Å². The van der Waals surface area contributed by atoms with E-state index in [4.69, 9.17) is 0 Å². The summed E-state index contributed by atoms with van der Waals surface area (Å²) >= 11 is 0. The molecule has 0 saturated carbocycles. The average molecular weight is 272 g/mol. The summed E-state index contributed by atoms with van der Waals surface area (Å²) in [5.41, 5.74) is 1.40. The van der Waals surface area contributed by atoms with Gasteiger partial charge in [-0.2, -0.15) is 5.10 Å². The summed E-state index contributed by atoms with van der Waals surface area (Å²) in [4.78, 5) is 6.70. The molecule has 1 aliphatic heterocycles. The second-order valence-electron chi connectivity index (χ2n) is 5.05. The van der Waals surface area contributed by atoms with Gasteiger partial charge in [0.15, 0.2) is 0 Å². The van der Waals surface area contributed by atoms with Gasteiger partial charge in [-0.1, -0.05) is 25.0 Å². The highest BCUT2D eigenvalue weighted by atomic mass is 19.1. The number of rotatable bonds is 2. The zero-order chi connectivity index (χ0) is 13.8. The molecule has 0 N–H and O–H groups in total. The predicted octanol–water partition coefficient (Wildman–Crippen LogP) is 3.06. The van der Waals surface area contributed by atoms with Crippen molar-refractivity contribution in [3.05, 3.63) is 36.3 Å². The highest BCUT2D eigenvalue weighted by Gasteiger charge is 2.14. The first-order valence-electron chi connectivity index (χ1n) is 7.03. The van der Waals surface area contributed by atoms with Gasteiger partial charge >= 0.3 is 0 Å². The second kappa shape index (κ2) is 5.94. The lowest BCUT2D eigenvalue weighted by atomic mass is 10.2. The lowest BCUT2D eigenvalue weighted by Gasteiger charge is -2.19. The van der Waals surface area contributed by atoms with Crippen LogP contribution in [0.2, 0.25) is 0 Å². The molecule has 0 radical (unpaired) electrons. The minimum Gasteiger partial charge on any atom is -0.340 e. The highest BCUT2D eigenvalue weighted by molar-refractivity contribution is 5.59. The Labute approximate surface area is 117 Å². The van der Waals surface area contributed by atoms with E-state index in [1.807, 2.05) is 6.07 Å². The Kier molecular flexibility index (Phi) is 3.85. The molecule has 1 aromatic heterocycles. The van der Waals surface area contributed by atoms with E-state index in [2.05, 4.69) is 20.1 Å². The summed E-state index contributed by atoms with van der Waals surface area (Å²) in [6.07, 6.45) is 6.41. The van der Waals surface area contributed by atoms with Crippen molar-refractivity contribution in [1.82, 2.24) is 15.2 Å². The van der Waals surface area contributed by atoms with Crippen molar-refractivity contribution in [3.8, 4) is 11.3 Å². The Morgan fingerprint density at radius 3 is 2.60 bits per heavy atom. The lowest BCUT2D eigenvalue weighted by molar-refractivity contribution is 0.628. The molecule has 0 bridgehead atoms. The van der Waals surface area contributed by atoms with Crippen LogP contribution in [-0.4, -0.2) is 28.3 Å². The number of benzene rings is 1. The van der Waals surface area contributed by atoms with E-state index in [9.17, 15) is 4.39 Å². The minimum atomic E-state index is -0.266. The van der Waals surface area contributed by atoms with E-state index < -0.39 is 0 Å². The van der Waals surface area contributed by atoms with E-state index in [0.717, 1.165) is 31.5 Å². The van der Waals surface area contributed by atoms with Gasteiger partial charge < -0.3 is 4.90 Å². The molecule has 5 heteroatoms. The first kappa shape index (κ1) is 13.0. The van der Waals surface area contributed by atoms with Crippen molar-refractivity contribution >= 4 is 5.95 Å². The molecule has 2 aromatic rings. The molecule has 1 saturated heterocycles. The summed E-state index contributed by atoms with van der Waals surface area (Å²) in [6, 6.07) is 6.40. The van der Waals surface area contributed by atoms with Crippen molar-refractivity contribution in [3.63, 3.8) is 0 Å². The maximum absolute atomic E-state index is 13.3. The second-order valence-corrected chi connectivity index (χ2v) is 5.05. The number of anilines is 1. The quantitative estimate of drug-likeness (QED) is 0.842. The normalized spacial score (nSPS) is 15.9. The van der Waals surface area contributed by atoms with Crippen molar-refractivity contribution in [2.75, 3.05) is 18.0 Å². The fraction of sp³-hybridized carbons (Fsp3) is 0.400. The van der Waals surface area contributed by atoms with Crippen molar-refractivity contribution in [1.29, 1.82) is 0 Å². The van der Waals surface area contributed by atoms with E-state index in [1.54, 1.807) is 12.3 Å². The van der Waals surface area contributed by atoms with Crippen LogP contribution in [0.4, 0.5) is 10.3 Å². The summed E-state index contributed by atoms with van der Waals surface area (Å²) in [5.74, 6) is 0.381. The monoisotopic (exact) mass is 272 g/mol. The third-order valence-electron chi connectivity index (χ3n) is 3.56. The molecule has 3 rings (SSSR count). The van der Waals surface area contributed by atoms with Crippen LogP contribution in [0.5, 0.6) is 0 Å². The largest absolute Gasteiger partial charge is 0.340 e. The average Bonchev–Trinajstić information content (AvgIpc) is 2.76. The molecule has 0 spiro atoms. The standard InChI is InChI=1S/C15H17FN4/c16-13-7-5-6-12(10-13)14-11-17-19-15(18-14)20-8-3-1-2-4-9-20/h5-7,10-11H,1-4,8-9H2. The SMILES string of the molecule is Fc1cccc(-c2cnnc(N3CCCCCC3)n2)c1. The molecule has 4 nitrogen and oxygen atoms in total. The molecular formula is C15H17FN4. The van der Waals surface area contributed by atoms with Crippen LogP contribution in [0.3, 0.4) is 0 Å². The molecule has 1 aliphatic rings. The molecule has 0 aliphatic carbocycles. The smallest absolute Gasteiger partial charge is 0.245 e. The van der Waals surface area contributed by atoms with Crippen LogP contribution in [0.15, 0.2) is 30.5 Å². The van der Waals surface area contributed by atoms with E-state index >= 15 is 0 Å². The molecule has 0 amide bonds. The summed E-state index contributed by atoms with van der Waals surface area (Å²) in [5, 5.41) is 8.14. The molecule has 20 heavy (non-hydrogen) atoms. The van der Waals surface area contributed by atoms with E-state index in [-0.39, 0.29) is 5.82 Å². The van der Waals surface area contributed by atoms with Crippen LogP contribution in [0.1, 0.15) is 25.7 Å². The fourth-order valence-electron chi connectivity index (χ4n) is 2.49. The number of nitrogens with zero attached hydrogens (tertiary/aromatic N) is 4. The Balaban J connectivity index is 1.89. The molecule has 1 fully saturated rings. The molecular weight excluding hydrogens is 255 g/mol. The van der Waals surface area contributed by atoms with Gasteiger partial charge in [-0.15, -0.1) is 5.10 Å². The zero-order valence-corrected chi connectivity index (χ0v) is 11.3. The van der Waals surface area contributed by atoms with Gasteiger partial charge in [0.1, 0.15) is 5.82 Å². The summed E-state index contributed by atoms with van der Waals surface area (Å²) in [7, 11) is 0. The minimum absolute atomic E-state index is 0.266. The molecule has 1 aromatic carbocycles. The van der Waals surface area contributed by atoms with Crippen LogP contribution in [0, 0.1) is 5.82 Å². The van der Waals surface area contributed by atoms with E-state index in [1.165, 1.54) is 25.0 Å². The zero-order valence-electron chi connectivity index (χ0n) is 11.3. The molecule has 104 valence electrons. The van der Waals surface area contributed by atoms with Crippen molar-refractivity contribution < 1.29 is 4.39 Å². The maximum Gasteiger partial charge on any atom is 0.245 e.